The number of hydrogen-bond acceptors (Lipinski definition) is 2. The minimum absolute atomic E-state index is 0.337. The highest BCUT2D eigenvalue weighted by Crippen LogP contribution is 2.33. The number of carboxylic acid groups (broad SMARTS) is 1. The number of aliphatic carboxylic acids is 1. The summed E-state index contributed by atoms with van der Waals surface area (Å²) in [4.78, 5) is 10.5. The van der Waals surface area contributed by atoms with Gasteiger partial charge in [-0.15, -0.1) is 0 Å². The molecule has 0 amide bonds. The minimum atomic E-state index is -0.766. The highest BCUT2D eigenvalue weighted by Gasteiger charge is 2.24. The lowest BCUT2D eigenvalue weighted by atomic mass is 10.1. The third kappa shape index (κ3) is 3.22. The summed E-state index contributed by atoms with van der Waals surface area (Å²) in [6.07, 6.45) is 3.78. The second-order valence-corrected chi connectivity index (χ2v) is 3.81. The molecule has 70 valence electrons. The molecule has 0 radical (unpaired) electrons. The van der Waals surface area contributed by atoms with Gasteiger partial charge in [0.25, 0.3) is 0 Å². The lowest BCUT2D eigenvalue weighted by Crippen LogP contribution is -2.39. The minimum Gasteiger partial charge on any atom is -0.480 e. The Morgan fingerprint density at radius 1 is 1.58 bits per heavy atom. The molecule has 1 saturated carbocycles. The molecule has 0 bridgehead atoms. The van der Waals surface area contributed by atoms with Crippen molar-refractivity contribution in [3.8, 4) is 0 Å². The summed E-state index contributed by atoms with van der Waals surface area (Å²) >= 11 is 0. The number of carbonyl (C=O) groups is 1. The zero-order chi connectivity index (χ0) is 9.14. The van der Waals surface area contributed by atoms with Crippen molar-refractivity contribution < 1.29 is 9.90 Å². The van der Waals surface area contributed by atoms with Crippen molar-refractivity contribution in [1.82, 2.24) is 5.32 Å². The summed E-state index contributed by atoms with van der Waals surface area (Å²) in [6, 6.07) is -0.0812. The third-order valence-corrected chi connectivity index (χ3v) is 2.29. The van der Waals surface area contributed by atoms with Crippen LogP contribution in [0.4, 0.5) is 0 Å². The van der Waals surface area contributed by atoms with Crippen molar-refractivity contribution in [3.05, 3.63) is 0 Å². The van der Waals surface area contributed by atoms with Gasteiger partial charge in [-0.3, -0.25) is 4.79 Å². The van der Waals surface area contributed by atoms with Crippen molar-refractivity contribution in [1.29, 1.82) is 0 Å². The van der Waals surface area contributed by atoms with E-state index in [1.165, 1.54) is 12.8 Å². The largest absolute Gasteiger partial charge is 0.480 e. The molecule has 3 heteroatoms. The lowest BCUT2D eigenvalue weighted by molar-refractivity contribution is -0.139. The Morgan fingerprint density at radius 2 is 2.17 bits per heavy atom. The van der Waals surface area contributed by atoms with E-state index in [0.717, 1.165) is 12.3 Å². The molecule has 2 N–H and O–H groups in total. The van der Waals surface area contributed by atoms with Crippen LogP contribution in [-0.4, -0.2) is 23.2 Å². The van der Waals surface area contributed by atoms with Crippen molar-refractivity contribution in [2.75, 3.05) is 0 Å². The summed E-state index contributed by atoms with van der Waals surface area (Å²) in [5.74, 6) is 0.0890. The molecule has 1 rings (SSSR count). The van der Waals surface area contributed by atoms with Crippen LogP contribution >= 0.6 is 0 Å². The van der Waals surface area contributed by atoms with E-state index in [4.69, 9.17) is 5.11 Å². The standard InChI is InChI=1S/C9H17NO2/c1-6(5-8-3-4-8)10-7(2)9(11)12/h6-8,10H,3-5H2,1-2H3,(H,11,12). The summed E-state index contributed by atoms with van der Waals surface area (Å²) in [6.45, 7) is 3.74. The number of rotatable bonds is 5. The molecule has 0 aromatic carbocycles. The van der Waals surface area contributed by atoms with Crippen molar-refractivity contribution in [3.63, 3.8) is 0 Å². The van der Waals surface area contributed by atoms with Crippen molar-refractivity contribution >= 4 is 5.97 Å². The van der Waals surface area contributed by atoms with Gasteiger partial charge >= 0.3 is 5.97 Å². The average Bonchev–Trinajstić information content (AvgIpc) is 2.71. The maximum atomic E-state index is 10.5. The van der Waals surface area contributed by atoms with Gasteiger partial charge < -0.3 is 10.4 Å². The molecule has 1 aliphatic carbocycles. The van der Waals surface area contributed by atoms with Crippen LogP contribution < -0.4 is 5.32 Å². The van der Waals surface area contributed by atoms with Crippen LogP contribution in [0.1, 0.15) is 33.1 Å². The Morgan fingerprint density at radius 3 is 2.58 bits per heavy atom. The Balaban J connectivity index is 2.14. The Kier molecular flexibility index (Phi) is 3.09. The second kappa shape index (κ2) is 3.90. The normalized spacial score (nSPS) is 21.8. The van der Waals surface area contributed by atoms with Crippen LogP contribution in [-0.2, 0) is 4.79 Å². The van der Waals surface area contributed by atoms with E-state index in [0.29, 0.717) is 6.04 Å². The van der Waals surface area contributed by atoms with Gasteiger partial charge in [-0.1, -0.05) is 12.8 Å². The van der Waals surface area contributed by atoms with Crippen molar-refractivity contribution in [2.45, 2.75) is 45.2 Å². The zero-order valence-corrected chi connectivity index (χ0v) is 7.71. The molecular weight excluding hydrogens is 154 g/mol. The van der Waals surface area contributed by atoms with Crippen molar-refractivity contribution in [2.24, 2.45) is 5.92 Å². The lowest BCUT2D eigenvalue weighted by Gasteiger charge is -2.16. The van der Waals surface area contributed by atoms with Gasteiger partial charge in [0, 0.05) is 6.04 Å². The number of nitrogens with one attached hydrogen (secondary N) is 1. The number of hydrogen-bond donors (Lipinski definition) is 2. The highest BCUT2D eigenvalue weighted by molar-refractivity contribution is 5.72. The molecule has 12 heavy (non-hydrogen) atoms. The molecule has 0 saturated heterocycles. The van der Waals surface area contributed by atoms with Gasteiger partial charge in [-0.05, 0) is 26.2 Å². The predicted molar refractivity (Wildman–Crippen MR) is 47.0 cm³/mol. The zero-order valence-electron chi connectivity index (χ0n) is 7.71. The first-order valence-corrected chi connectivity index (χ1v) is 4.58. The first-order chi connectivity index (χ1) is 5.59. The topological polar surface area (TPSA) is 49.3 Å². The molecule has 0 aromatic heterocycles. The first-order valence-electron chi connectivity index (χ1n) is 4.58. The quantitative estimate of drug-likeness (QED) is 0.654. The monoisotopic (exact) mass is 171 g/mol. The molecule has 0 aliphatic heterocycles. The molecule has 1 aliphatic rings. The van der Waals surface area contributed by atoms with E-state index < -0.39 is 12.0 Å². The third-order valence-electron chi connectivity index (χ3n) is 2.29. The van der Waals surface area contributed by atoms with Crippen LogP contribution in [0.2, 0.25) is 0 Å². The smallest absolute Gasteiger partial charge is 0.320 e. The number of carboxylic acids is 1. The van der Waals surface area contributed by atoms with Gasteiger partial charge in [-0.25, -0.2) is 0 Å². The van der Waals surface area contributed by atoms with Crippen LogP contribution in [0.3, 0.4) is 0 Å². The average molecular weight is 171 g/mol. The fourth-order valence-corrected chi connectivity index (χ4v) is 1.42. The second-order valence-electron chi connectivity index (χ2n) is 3.81. The van der Waals surface area contributed by atoms with Gasteiger partial charge in [-0.2, -0.15) is 0 Å². The Hall–Kier alpha value is -0.570. The van der Waals surface area contributed by atoms with Gasteiger partial charge in [0.1, 0.15) is 6.04 Å². The highest BCUT2D eigenvalue weighted by atomic mass is 16.4. The van der Waals surface area contributed by atoms with E-state index in [1.807, 2.05) is 0 Å². The van der Waals surface area contributed by atoms with E-state index in [1.54, 1.807) is 6.92 Å². The van der Waals surface area contributed by atoms with Gasteiger partial charge in [0.2, 0.25) is 0 Å². The van der Waals surface area contributed by atoms with Crippen LogP contribution in [0.5, 0.6) is 0 Å². The molecule has 0 spiro atoms. The SMILES string of the molecule is CC(CC1CC1)NC(C)C(=O)O. The first kappa shape index (κ1) is 9.52. The van der Waals surface area contributed by atoms with Crippen LogP contribution in [0.15, 0.2) is 0 Å². The summed E-state index contributed by atoms with van der Waals surface area (Å²) < 4.78 is 0. The molecule has 3 nitrogen and oxygen atoms in total. The summed E-state index contributed by atoms with van der Waals surface area (Å²) in [5.41, 5.74) is 0. The Bertz CT molecular complexity index is 166. The molecule has 2 atom stereocenters. The van der Waals surface area contributed by atoms with E-state index in [9.17, 15) is 4.79 Å². The summed E-state index contributed by atoms with van der Waals surface area (Å²) in [5, 5.41) is 11.7. The fourth-order valence-electron chi connectivity index (χ4n) is 1.42. The maximum Gasteiger partial charge on any atom is 0.320 e. The fraction of sp³-hybridized carbons (Fsp3) is 0.889. The summed E-state index contributed by atoms with van der Waals surface area (Å²) in [7, 11) is 0. The van der Waals surface area contributed by atoms with E-state index in [2.05, 4.69) is 12.2 Å². The van der Waals surface area contributed by atoms with E-state index in [-0.39, 0.29) is 0 Å². The molecule has 0 heterocycles. The van der Waals surface area contributed by atoms with Gasteiger partial charge in [0.05, 0.1) is 0 Å². The molecule has 0 aromatic rings. The predicted octanol–water partition coefficient (Wildman–Crippen LogP) is 1.24. The van der Waals surface area contributed by atoms with Crippen LogP contribution in [0, 0.1) is 5.92 Å². The molecular formula is C9H17NO2. The van der Waals surface area contributed by atoms with E-state index >= 15 is 0 Å². The maximum absolute atomic E-state index is 10.5. The Labute approximate surface area is 73.2 Å². The van der Waals surface area contributed by atoms with Crippen LogP contribution in [0.25, 0.3) is 0 Å². The molecule has 2 unspecified atom stereocenters. The van der Waals surface area contributed by atoms with Gasteiger partial charge in [0.15, 0.2) is 0 Å². The molecule has 1 fully saturated rings.